The smallest absolute Gasteiger partial charge is 0.161 e. The van der Waals surface area contributed by atoms with E-state index in [2.05, 4.69) is 15.3 Å². The molecule has 1 aromatic heterocycles. The molecule has 7 nitrogen and oxygen atoms in total. The first-order valence-electron chi connectivity index (χ1n) is 10.2. The molecule has 1 aliphatic heterocycles. The van der Waals surface area contributed by atoms with E-state index in [-0.39, 0.29) is 6.61 Å². The molecular formula is C21H32N4O3S. The molecule has 1 unspecified atom stereocenters. The van der Waals surface area contributed by atoms with Crippen molar-refractivity contribution in [2.24, 2.45) is 0 Å². The third-order valence-corrected chi connectivity index (χ3v) is 5.80. The maximum atomic E-state index is 10.3. The fourth-order valence-corrected chi connectivity index (χ4v) is 4.27. The van der Waals surface area contributed by atoms with Gasteiger partial charge in [0, 0.05) is 56.6 Å². The minimum atomic E-state index is -0.501. The highest BCUT2D eigenvalue weighted by atomic mass is 32.2. The summed E-state index contributed by atoms with van der Waals surface area (Å²) in [6, 6.07) is 7.88. The summed E-state index contributed by atoms with van der Waals surface area (Å²) in [4.78, 5) is 2.29. The molecule has 3 rings (SSSR count). The number of β-amino-alcohol motifs (C(OH)–C–C–N with tert-alkyl or cyclic N) is 1. The lowest BCUT2D eigenvalue weighted by Crippen LogP contribution is -2.40. The van der Waals surface area contributed by atoms with Crippen LogP contribution in [-0.2, 0) is 13.1 Å². The molecule has 8 heteroatoms. The van der Waals surface area contributed by atoms with E-state index >= 15 is 0 Å². The highest BCUT2D eigenvalue weighted by Gasteiger charge is 2.16. The first-order chi connectivity index (χ1) is 14.2. The normalized spacial score (nSPS) is 15.9. The van der Waals surface area contributed by atoms with Crippen molar-refractivity contribution >= 4 is 11.8 Å². The van der Waals surface area contributed by atoms with Crippen LogP contribution in [0.15, 0.2) is 36.7 Å². The molecule has 2 aromatic rings. The van der Waals surface area contributed by atoms with Gasteiger partial charge in [0.15, 0.2) is 11.5 Å². The lowest BCUT2D eigenvalue weighted by atomic mass is 10.2. The Morgan fingerprint density at radius 3 is 2.90 bits per heavy atom. The Morgan fingerprint density at radius 1 is 1.28 bits per heavy atom. The Hall–Kier alpha value is -1.74. The van der Waals surface area contributed by atoms with E-state index in [4.69, 9.17) is 9.47 Å². The van der Waals surface area contributed by atoms with Crippen LogP contribution in [0.25, 0.3) is 0 Å². The number of aryl methyl sites for hydroxylation is 1. The van der Waals surface area contributed by atoms with E-state index in [1.807, 2.05) is 46.9 Å². The minimum absolute atomic E-state index is 0.269. The van der Waals surface area contributed by atoms with Crippen LogP contribution in [0.5, 0.6) is 11.5 Å². The van der Waals surface area contributed by atoms with Crippen molar-refractivity contribution < 1.29 is 14.6 Å². The molecule has 1 atom stereocenters. The van der Waals surface area contributed by atoms with Gasteiger partial charge < -0.3 is 19.9 Å². The van der Waals surface area contributed by atoms with Gasteiger partial charge in [0.1, 0.15) is 12.7 Å². The molecule has 29 heavy (non-hydrogen) atoms. The average molecular weight is 421 g/mol. The third kappa shape index (κ3) is 7.54. The predicted octanol–water partition coefficient (Wildman–Crippen LogP) is 1.86. The van der Waals surface area contributed by atoms with Gasteiger partial charge in [-0.25, -0.2) is 0 Å². The molecule has 0 aliphatic carbocycles. The molecule has 0 radical (unpaired) electrons. The van der Waals surface area contributed by atoms with E-state index in [9.17, 15) is 5.11 Å². The Morgan fingerprint density at radius 2 is 2.14 bits per heavy atom. The molecule has 2 N–H and O–H groups in total. The van der Waals surface area contributed by atoms with Crippen LogP contribution in [0.4, 0.5) is 0 Å². The molecule has 0 saturated carbocycles. The summed E-state index contributed by atoms with van der Waals surface area (Å²) in [6.45, 7) is 5.60. The number of hydrogen-bond donors (Lipinski definition) is 2. The summed E-state index contributed by atoms with van der Waals surface area (Å²) < 4.78 is 13.3. The van der Waals surface area contributed by atoms with Gasteiger partial charge in [-0.3, -0.25) is 9.58 Å². The minimum Gasteiger partial charge on any atom is -0.493 e. The van der Waals surface area contributed by atoms with Crippen LogP contribution in [0.2, 0.25) is 0 Å². The number of aliphatic hydroxyl groups excluding tert-OH is 1. The number of aliphatic hydroxyl groups is 1. The van der Waals surface area contributed by atoms with Gasteiger partial charge in [-0.15, -0.1) is 0 Å². The summed E-state index contributed by atoms with van der Waals surface area (Å²) in [7, 11) is 1.64. The first-order valence-corrected chi connectivity index (χ1v) is 11.4. The summed E-state index contributed by atoms with van der Waals surface area (Å²) in [5.41, 5.74) is 1.14. The van der Waals surface area contributed by atoms with Gasteiger partial charge in [-0.05, 0) is 36.7 Å². The zero-order valence-corrected chi connectivity index (χ0v) is 17.9. The Bertz CT molecular complexity index is 708. The quantitative estimate of drug-likeness (QED) is 0.508. The second-order valence-corrected chi connectivity index (χ2v) is 8.39. The number of ether oxygens (including phenoxy) is 2. The van der Waals surface area contributed by atoms with Gasteiger partial charge in [0.25, 0.3) is 0 Å². The lowest BCUT2D eigenvalue weighted by Gasteiger charge is -2.28. The van der Waals surface area contributed by atoms with Gasteiger partial charge in [0.05, 0.1) is 7.11 Å². The number of nitrogens with one attached hydrogen (secondary N) is 1. The fraction of sp³-hybridized carbons (Fsp3) is 0.571. The van der Waals surface area contributed by atoms with Crippen molar-refractivity contribution in [3.8, 4) is 11.5 Å². The highest BCUT2D eigenvalue weighted by molar-refractivity contribution is 7.99. The van der Waals surface area contributed by atoms with Gasteiger partial charge in [0.2, 0.25) is 0 Å². The predicted molar refractivity (Wildman–Crippen MR) is 117 cm³/mol. The maximum Gasteiger partial charge on any atom is 0.161 e. The molecule has 1 saturated heterocycles. The number of nitrogens with zero attached hydrogens (tertiary/aromatic N) is 3. The highest BCUT2D eigenvalue weighted by Crippen LogP contribution is 2.28. The molecule has 160 valence electrons. The first kappa shape index (κ1) is 22.0. The topological polar surface area (TPSA) is 71.8 Å². The number of hydrogen-bond acceptors (Lipinski definition) is 7. The SMILES string of the molecule is COc1cc(CNCCCn2cccn2)ccc1OCC(O)CN1CCSCC1. The number of methoxy groups -OCH3 is 1. The van der Waals surface area contributed by atoms with Gasteiger partial charge >= 0.3 is 0 Å². The van der Waals surface area contributed by atoms with Gasteiger partial charge in [-0.1, -0.05) is 6.07 Å². The second kappa shape index (κ2) is 12.1. The van der Waals surface area contributed by atoms with Crippen LogP contribution in [0, 0.1) is 0 Å². The molecule has 1 aliphatic rings. The summed E-state index contributed by atoms with van der Waals surface area (Å²) in [6.07, 6.45) is 4.30. The zero-order chi connectivity index (χ0) is 20.3. The number of rotatable bonds is 12. The van der Waals surface area contributed by atoms with E-state index in [1.54, 1.807) is 13.3 Å². The number of aromatic nitrogens is 2. The molecule has 1 fully saturated rings. The zero-order valence-electron chi connectivity index (χ0n) is 17.1. The van der Waals surface area contributed by atoms with E-state index < -0.39 is 6.10 Å². The number of thioether (sulfide) groups is 1. The molecular weight excluding hydrogens is 388 g/mol. The average Bonchev–Trinajstić information content (AvgIpc) is 3.26. The Labute approximate surface area is 177 Å². The van der Waals surface area contributed by atoms with Crippen molar-refractivity contribution in [2.45, 2.75) is 25.6 Å². The summed E-state index contributed by atoms with van der Waals surface area (Å²) >= 11 is 1.97. The standard InChI is InChI=1S/C21H32N4O3S/c1-27-21-14-18(15-22-6-2-8-25-9-3-7-23-25)4-5-20(21)28-17-19(26)16-24-10-12-29-13-11-24/h3-5,7,9,14,19,22,26H,2,6,8,10-13,15-17H2,1H3. The largest absolute Gasteiger partial charge is 0.493 e. The molecule has 2 heterocycles. The van der Waals surface area contributed by atoms with E-state index in [0.29, 0.717) is 18.0 Å². The number of benzene rings is 1. The van der Waals surface area contributed by atoms with Crippen LogP contribution >= 0.6 is 11.8 Å². The third-order valence-electron chi connectivity index (χ3n) is 4.86. The van der Waals surface area contributed by atoms with E-state index in [0.717, 1.165) is 56.2 Å². The van der Waals surface area contributed by atoms with Crippen molar-refractivity contribution in [1.82, 2.24) is 20.0 Å². The van der Waals surface area contributed by atoms with Crippen molar-refractivity contribution in [3.05, 3.63) is 42.2 Å². The monoisotopic (exact) mass is 420 g/mol. The van der Waals surface area contributed by atoms with Crippen LogP contribution in [0.1, 0.15) is 12.0 Å². The fourth-order valence-electron chi connectivity index (χ4n) is 3.29. The van der Waals surface area contributed by atoms with Crippen molar-refractivity contribution in [3.63, 3.8) is 0 Å². The Kier molecular flexibility index (Phi) is 9.14. The van der Waals surface area contributed by atoms with Crippen LogP contribution in [-0.4, -0.2) is 77.3 Å². The molecule has 1 aromatic carbocycles. The van der Waals surface area contributed by atoms with E-state index in [1.165, 1.54) is 0 Å². The summed E-state index contributed by atoms with van der Waals surface area (Å²) in [5.74, 6) is 3.64. The molecule has 0 amide bonds. The second-order valence-electron chi connectivity index (χ2n) is 7.16. The lowest BCUT2D eigenvalue weighted by molar-refractivity contribution is 0.0705. The van der Waals surface area contributed by atoms with Crippen LogP contribution < -0.4 is 14.8 Å². The maximum absolute atomic E-state index is 10.3. The van der Waals surface area contributed by atoms with Crippen LogP contribution in [0.3, 0.4) is 0 Å². The molecule has 0 spiro atoms. The Balaban J connectivity index is 1.39. The van der Waals surface area contributed by atoms with Crippen molar-refractivity contribution in [2.75, 3.05) is 51.4 Å². The van der Waals surface area contributed by atoms with Gasteiger partial charge in [-0.2, -0.15) is 16.9 Å². The summed E-state index contributed by atoms with van der Waals surface area (Å²) in [5, 5.41) is 17.9. The molecule has 0 bridgehead atoms. The van der Waals surface area contributed by atoms with Crippen molar-refractivity contribution in [1.29, 1.82) is 0 Å².